The summed E-state index contributed by atoms with van der Waals surface area (Å²) in [5, 5.41) is 8.91. The molecule has 0 bridgehead atoms. The van der Waals surface area contributed by atoms with Crippen LogP contribution in [0.1, 0.15) is 24.3 Å². The van der Waals surface area contributed by atoms with Gasteiger partial charge in [-0.1, -0.05) is 5.16 Å². The molecule has 6 nitrogen and oxygen atoms in total. The number of hydrogen-bond donors (Lipinski definition) is 2. The first-order chi connectivity index (χ1) is 8.15. The maximum absolute atomic E-state index is 11.0. The van der Waals surface area contributed by atoms with E-state index < -0.39 is 0 Å². The van der Waals surface area contributed by atoms with Gasteiger partial charge in [0.25, 0.3) is 0 Å². The van der Waals surface area contributed by atoms with E-state index in [1.807, 2.05) is 0 Å². The Morgan fingerprint density at radius 2 is 1.76 bits per heavy atom. The van der Waals surface area contributed by atoms with Crippen molar-refractivity contribution in [2.45, 2.75) is 25.7 Å². The van der Waals surface area contributed by atoms with Crippen LogP contribution < -0.4 is 10.6 Å². The number of carbonyl (C=O) groups is 2. The van der Waals surface area contributed by atoms with Crippen LogP contribution in [0.3, 0.4) is 0 Å². The zero-order valence-electron chi connectivity index (χ0n) is 10.1. The Kier molecular flexibility index (Phi) is 5.19. The second kappa shape index (κ2) is 6.67. The highest BCUT2D eigenvalue weighted by Crippen LogP contribution is 2.08. The Morgan fingerprint density at radius 3 is 2.35 bits per heavy atom. The summed E-state index contributed by atoms with van der Waals surface area (Å²) in [6.45, 7) is 0. The van der Waals surface area contributed by atoms with Crippen molar-refractivity contribution in [3.05, 3.63) is 17.5 Å². The molecule has 0 spiro atoms. The van der Waals surface area contributed by atoms with E-state index in [-0.39, 0.29) is 11.8 Å². The van der Waals surface area contributed by atoms with Crippen molar-refractivity contribution in [3.8, 4) is 0 Å². The third-order valence-corrected chi connectivity index (χ3v) is 2.37. The zero-order chi connectivity index (χ0) is 12.7. The van der Waals surface area contributed by atoms with Crippen molar-refractivity contribution in [1.82, 2.24) is 15.8 Å². The highest BCUT2D eigenvalue weighted by molar-refractivity contribution is 5.76. The first kappa shape index (κ1) is 13.2. The van der Waals surface area contributed by atoms with Crippen molar-refractivity contribution in [2.24, 2.45) is 0 Å². The zero-order valence-corrected chi connectivity index (χ0v) is 10.1. The smallest absolute Gasteiger partial charge is 0.220 e. The quantitative estimate of drug-likeness (QED) is 0.733. The molecule has 6 heteroatoms. The second-order valence-corrected chi connectivity index (χ2v) is 3.63. The molecule has 94 valence electrons. The number of amides is 2. The molecule has 1 rings (SSSR count). The second-order valence-electron chi connectivity index (χ2n) is 3.63. The number of rotatable bonds is 6. The largest absolute Gasteiger partial charge is 0.361 e. The molecule has 0 aromatic carbocycles. The number of nitrogens with one attached hydrogen (secondary N) is 2. The fraction of sp³-hybridized carbons (Fsp3) is 0.545. The molecule has 0 aliphatic carbocycles. The number of carbonyl (C=O) groups excluding carboxylic acids is 2. The molecular weight excluding hydrogens is 222 g/mol. The molecule has 2 amide bonds. The molecule has 1 heterocycles. The Labute approximate surface area is 99.7 Å². The topological polar surface area (TPSA) is 84.2 Å². The molecule has 0 aliphatic heterocycles. The maximum Gasteiger partial charge on any atom is 0.220 e. The monoisotopic (exact) mass is 239 g/mol. The summed E-state index contributed by atoms with van der Waals surface area (Å²) in [6.07, 6.45) is 1.83. The molecular formula is C11H17N3O3. The predicted octanol–water partition coefficient (Wildman–Crippen LogP) is 0.0318. The van der Waals surface area contributed by atoms with Gasteiger partial charge in [0.1, 0.15) is 5.76 Å². The van der Waals surface area contributed by atoms with Crippen molar-refractivity contribution in [3.63, 3.8) is 0 Å². The summed E-state index contributed by atoms with van der Waals surface area (Å²) >= 11 is 0. The van der Waals surface area contributed by atoms with Gasteiger partial charge in [0, 0.05) is 45.8 Å². The summed E-state index contributed by atoms with van der Waals surface area (Å²) in [5.74, 6) is 0.605. The average Bonchev–Trinajstić information content (AvgIpc) is 2.80. The molecule has 1 aromatic heterocycles. The summed E-state index contributed by atoms with van der Waals surface area (Å²) in [4.78, 5) is 22.0. The van der Waals surface area contributed by atoms with Crippen LogP contribution in [-0.4, -0.2) is 31.1 Å². The molecule has 0 fully saturated rings. The van der Waals surface area contributed by atoms with Gasteiger partial charge in [0.15, 0.2) is 0 Å². The van der Waals surface area contributed by atoms with Crippen molar-refractivity contribution in [2.75, 3.05) is 14.1 Å². The van der Waals surface area contributed by atoms with E-state index >= 15 is 0 Å². The van der Waals surface area contributed by atoms with Gasteiger partial charge in [0.05, 0.1) is 5.69 Å². The van der Waals surface area contributed by atoms with E-state index in [2.05, 4.69) is 15.8 Å². The van der Waals surface area contributed by atoms with Gasteiger partial charge < -0.3 is 15.2 Å². The Morgan fingerprint density at radius 1 is 1.18 bits per heavy atom. The van der Waals surface area contributed by atoms with Gasteiger partial charge in [-0.05, 0) is 0 Å². The third kappa shape index (κ3) is 4.67. The normalized spacial score (nSPS) is 10.0. The first-order valence-electron chi connectivity index (χ1n) is 5.51. The number of nitrogens with zero attached hydrogens (tertiary/aromatic N) is 1. The lowest BCUT2D eigenvalue weighted by Gasteiger charge is -1.95. The molecule has 2 N–H and O–H groups in total. The van der Waals surface area contributed by atoms with Crippen molar-refractivity contribution < 1.29 is 14.1 Å². The minimum Gasteiger partial charge on any atom is -0.361 e. The van der Waals surface area contributed by atoms with Gasteiger partial charge >= 0.3 is 0 Å². The lowest BCUT2D eigenvalue weighted by molar-refractivity contribution is -0.121. The molecule has 0 atom stereocenters. The fourth-order valence-electron chi connectivity index (χ4n) is 1.32. The molecule has 0 saturated carbocycles. The SMILES string of the molecule is CNC(=O)CCc1cc(CCC(=O)NC)on1. The fourth-order valence-corrected chi connectivity index (χ4v) is 1.32. The highest BCUT2D eigenvalue weighted by Gasteiger charge is 2.08. The van der Waals surface area contributed by atoms with Crippen LogP contribution in [0, 0.1) is 0 Å². The van der Waals surface area contributed by atoms with E-state index in [1.54, 1.807) is 20.2 Å². The first-order valence-corrected chi connectivity index (χ1v) is 5.51. The average molecular weight is 239 g/mol. The summed E-state index contributed by atoms with van der Waals surface area (Å²) in [6, 6.07) is 1.78. The Bertz CT molecular complexity index is 353. The molecule has 1 aromatic rings. The summed E-state index contributed by atoms with van der Waals surface area (Å²) in [7, 11) is 3.19. The van der Waals surface area contributed by atoms with Crippen LogP contribution >= 0.6 is 0 Å². The van der Waals surface area contributed by atoms with Gasteiger partial charge in [0.2, 0.25) is 11.8 Å². The van der Waals surface area contributed by atoms with Crippen LogP contribution in [0.5, 0.6) is 0 Å². The van der Waals surface area contributed by atoms with Gasteiger partial charge in [-0.2, -0.15) is 0 Å². The van der Waals surface area contributed by atoms with E-state index in [9.17, 15) is 9.59 Å². The van der Waals surface area contributed by atoms with E-state index in [1.165, 1.54) is 0 Å². The highest BCUT2D eigenvalue weighted by atomic mass is 16.5. The Hall–Kier alpha value is -1.85. The minimum atomic E-state index is -0.0340. The molecule has 17 heavy (non-hydrogen) atoms. The van der Waals surface area contributed by atoms with Gasteiger partial charge in [-0.15, -0.1) is 0 Å². The maximum atomic E-state index is 11.0. The standard InChI is InChI=1S/C11H17N3O3/c1-12-10(15)5-3-8-7-9(17-14-8)4-6-11(16)13-2/h7H,3-6H2,1-2H3,(H,12,15)(H,13,16). The third-order valence-electron chi connectivity index (χ3n) is 2.37. The summed E-state index contributed by atoms with van der Waals surface area (Å²) < 4.78 is 5.06. The van der Waals surface area contributed by atoms with Crippen LogP contribution in [0.2, 0.25) is 0 Å². The number of aromatic nitrogens is 1. The number of aryl methyl sites for hydroxylation is 2. The van der Waals surface area contributed by atoms with Crippen LogP contribution in [0.4, 0.5) is 0 Å². The van der Waals surface area contributed by atoms with Gasteiger partial charge in [-0.25, -0.2) is 0 Å². The molecule has 0 aliphatic rings. The lowest BCUT2D eigenvalue weighted by atomic mass is 10.2. The van der Waals surface area contributed by atoms with E-state index in [0.717, 1.165) is 5.69 Å². The molecule has 0 radical (unpaired) electrons. The van der Waals surface area contributed by atoms with Crippen molar-refractivity contribution in [1.29, 1.82) is 0 Å². The Balaban J connectivity index is 2.37. The van der Waals surface area contributed by atoms with Crippen LogP contribution in [-0.2, 0) is 22.4 Å². The van der Waals surface area contributed by atoms with Crippen LogP contribution in [0.15, 0.2) is 10.6 Å². The molecule has 0 unspecified atom stereocenters. The summed E-state index contributed by atoms with van der Waals surface area (Å²) in [5.41, 5.74) is 0.737. The lowest BCUT2D eigenvalue weighted by Crippen LogP contribution is -2.18. The van der Waals surface area contributed by atoms with E-state index in [4.69, 9.17) is 4.52 Å². The van der Waals surface area contributed by atoms with E-state index in [0.29, 0.717) is 31.4 Å². The van der Waals surface area contributed by atoms with Gasteiger partial charge in [-0.3, -0.25) is 9.59 Å². The van der Waals surface area contributed by atoms with Crippen molar-refractivity contribution >= 4 is 11.8 Å². The number of hydrogen-bond acceptors (Lipinski definition) is 4. The minimum absolute atomic E-state index is 0.0279. The molecule has 0 saturated heterocycles. The predicted molar refractivity (Wildman–Crippen MR) is 61.3 cm³/mol. The van der Waals surface area contributed by atoms with Crippen LogP contribution in [0.25, 0.3) is 0 Å².